The minimum absolute atomic E-state index is 0.199. The fourth-order valence-electron chi connectivity index (χ4n) is 0.267. The molecule has 0 unspecified atom stereocenters. The summed E-state index contributed by atoms with van der Waals surface area (Å²) in [6.45, 7) is 3.32. The average Bonchev–Trinajstić information content (AvgIpc) is 1.69. The van der Waals surface area contributed by atoms with Crippen LogP contribution < -0.4 is 5.73 Å². The molecule has 3 heteroatoms. The maximum atomic E-state index is 8.27. The van der Waals surface area contributed by atoms with E-state index in [9.17, 15) is 0 Å². The molecule has 0 saturated carbocycles. The van der Waals surface area contributed by atoms with Gasteiger partial charge in [-0.1, -0.05) is 6.58 Å². The van der Waals surface area contributed by atoms with E-state index in [1.165, 1.54) is 7.11 Å². The van der Waals surface area contributed by atoms with Gasteiger partial charge < -0.3 is 15.6 Å². The number of nitrogens with two attached hydrogens (primary N) is 1. The number of hydrogen-bond acceptors (Lipinski definition) is 3. The molecule has 0 aromatic heterocycles. The molecule has 0 atom stereocenters. The fourth-order valence-corrected chi connectivity index (χ4v) is 0.267. The van der Waals surface area contributed by atoms with Gasteiger partial charge in [-0.05, 0) is 0 Å². The standard InChI is InChI=1S/C5H9NO2/c1-4(6)5(3-7)8-2/h3,7H,1,6H2,2H3/b5-3+. The molecule has 3 N–H and O–H groups in total. The molecule has 3 nitrogen and oxygen atoms in total. The minimum atomic E-state index is 0.199. The second-order valence-electron chi connectivity index (χ2n) is 1.22. The van der Waals surface area contributed by atoms with Gasteiger partial charge in [-0.15, -0.1) is 0 Å². The largest absolute Gasteiger partial charge is 0.512 e. The Morgan fingerprint density at radius 1 is 1.88 bits per heavy atom. The van der Waals surface area contributed by atoms with E-state index >= 15 is 0 Å². The molecular formula is C5H9NO2. The van der Waals surface area contributed by atoms with Gasteiger partial charge in [0.15, 0.2) is 5.76 Å². The number of ether oxygens (including phenoxy) is 1. The van der Waals surface area contributed by atoms with Crippen LogP contribution in [0.4, 0.5) is 0 Å². The molecule has 0 bridgehead atoms. The van der Waals surface area contributed by atoms with E-state index in [2.05, 4.69) is 11.3 Å². The first-order chi connectivity index (χ1) is 3.72. The Morgan fingerprint density at radius 3 is 2.38 bits per heavy atom. The van der Waals surface area contributed by atoms with E-state index in [-0.39, 0.29) is 11.5 Å². The van der Waals surface area contributed by atoms with E-state index in [4.69, 9.17) is 10.8 Å². The molecule has 0 aliphatic carbocycles. The Hall–Kier alpha value is -1.12. The highest BCUT2D eigenvalue weighted by Crippen LogP contribution is 1.98. The summed E-state index contributed by atoms with van der Waals surface area (Å²) in [5.74, 6) is 0.199. The summed E-state index contributed by atoms with van der Waals surface area (Å²) in [6.07, 6.45) is 0.766. The van der Waals surface area contributed by atoms with Crippen LogP contribution in [0.5, 0.6) is 0 Å². The molecule has 0 aliphatic rings. The first-order valence-corrected chi connectivity index (χ1v) is 2.05. The van der Waals surface area contributed by atoms with Gasteiger partial charge in [0.05, 0.1) is 12.8 Å². The first kappa shape index (κ1) is 6.88. The van der Waals surface area contributed by atoms with Crippen molar-refractivity contribution < 1.29 is 9.84 Å². The highest BCUT2D eigenvalue weighted by atomic mass is 16.5. The quantitative estimate of drug-likeness (QED) is 0.407. The lowest BCUT2D eigenvalue weighted by Gasteiger charge is -1.99. The van der Waals surface area contributed by atoms with E-state index in [0.29, 0.717) is 0 Å². The molecule has 0 amide bonds. The highest BCUT2D eigenvalue weighted by Gasteiger charge is 1.93. The third-order valence-electron chi connectivity index (χ3n) is 0.654. The molecule has 0 heterocycles. The average molecular weight is 115 g/mol. The van der Waals surface area contributed by atoms with Crippen molar-refractivity contribution in [2.75, 3.05) is 7.11 Å². The van der Waals surface area contributed by atoms with Crippen molar-refractivity contribution in [2.24, 2.45) is 5.73 Å². The lowest BCUT2D eigenvalue weighted by atomic mass is 10.4. The van der Waals surface area contributed by atoms with Crippen LogP contribution in [0.2, 0.25) is 0 Å². The summed E-state index contributed by atoms with van der Waals surface area (Å²) >= 11 is 0. The van der Waals surface area contributed by atoms with Gasteiger partial charge >= 0.3 is 0 Å². The summed E-state index contributed by atoms with van der Waals surface area (Å²) in [5.41, 5.74) is 5.33. The first-order valence-electron chi connectivity index (χ1n) is 2.05. The van der Waals surface area contributed by atoms with Crippen LogP contribution in [-0.2, 0) is 4.74 Å². The van der Waals surface area contributed by atoms with Crippen molar-refractivity contribution in [3.63, 3.8) is 0 Å². The summed E-state index contributed by atoms with van der Waals surface area (Å²) in [5, 5.41) is 8.27. The number of hydrogen-bond donors (Lipinski definition) is 2. The normalized spacial score (nSPS) is 10.9. The molecular weight excluding hydrogens is 106 g/mol. The molecule has 0 fully saturated rings. The van der Waals surface area contributed by atoms with Crippen LogP contribution in [-0.4, -0.2) is 12.2 Å². The third kappa shape index (κ3) is 1.55. The smallest absolute Gasteiger partial charge is 0.175 e. The van der Waals surface area contributed by atoms with Gasteiger partial charge in [-0.3, -0.25) is 0 Å². The van der Waals surface area contributed by atoms with Gasteiger partial charge in [-0.2, -0.15) is 0 Å². The molecule has 0 saturated heterocycles. The molecule has 0 radical (unpaired) electrons. The zero-order chi connectivity index (χ0) is 6.57. The van der Waals surface area contributed by atoms with Gasteiger partial charge in [0.1, 0.15) is 6.26 Å². The SMILES string of the molecule is C=C(N)/C(=C\O)OC. The van der Waals surface area contributed by atoms with Crippen molar-refractivity contribution in [2.45, 2.75) is 0 Å². The van der Waals surface area contributed by atoms with Crippen molar-refractivity contribution >= 4 is 0 Å². The molecule has 8 heavy (non-hydrogen) atoms. The number of methoxy groups -OCH3 is 1. The zero-order valence-electron chi connectivity index (χ0n) is 4.72. The lowest BCUT2D eigenvalue weighted by molar-refractivity contribution is 0.279. The molecule has 0 aromatic rings. The molecule has 0 aliphatic heterocycles. The maximum Gasteiger partial charge on any atom is 0.175 e. The van der Waals surface area contributed by atoms with Crippen LogP contribution in [0.1, 0.15) is 0 Å². The topological polar surface area (TPSA) is 55.5 Å². The Bertz CT molecular complexity index is 118. The lowest BCUT2D eigenvalue weighted by Crippen LogP contribution is -2.00. The monoisotopic (exact) mass is 115 g/mol. The van der Waals surface area contributed by atoms with Crippen molar-refractivity contribution in [3.8, 4) is 0 Å². The van der Waals surface area contributed by atoms with Gasteiger partial charge in [-0.25, -0.2) is 0 Å². The van der Waals surface area contributed by atoms with Gasteiger partial charge in [0.2, 0.25) is 0 Å². The molecule has 46 valence electrons. The Kier molecular flexibility index (Phi) is 2.54. The molecule has 0 aromatic carbocycles. The van der Waals surface area contributed by atoms with E-state index in [0.717, 1.165) is 6.26 Å². The van der Waals surface area contributed by atoms with E-state index in [1.54, 1.807) is 0 Å². The van der Waals surface area contributed by atoms with E-state index in [1.807, 2.05) is 0 Å². The van der Waals surface area contributed by atoms with Crippen LogP contribution in [0.15, 0.2) is 24.3 Å². The predicted octanol–water partition coefficient (Wildman–Crippen LogP) is 0.505. The summed E-state index contributed by atoms with van der Waals surface area (Å²) in [7, 11) is 1.40. The van der Waals surface area contributed by atoms with Crippen LogP contribution in [0, 0.1) is 0 Å². The van der Waals surface area contributed by atoms with Crippen molar-refractivity contribution in [3.05, 3.63) is 24.3 Å². The summed E-state index contributed by atoms with van der Waals surface area (Å²) in [4.78, 5) is 0. The predicted molar refractivity (Wildman–Crippen MR) is 31.0 cm³/mol. The summed E-state index contributed by atoms with van der Waals surface area (Å²) in [6, 6.07) is 0. The van der Waals surface area contributed by atoms with E-state index < -0.39 is 0 Å². The Morgan fingerprint density at radius 2 is 2.38 bits per heavy atom. The number of aliphatic hydroxyl groups is 1. The van der Waals surface area contributed by atoms with Gasteiger partial charge in [0.25, 0.3) is 0 Å². The maximum absolute atomic E-state index is 8.27. The second kappa shape index (κ2) is 2.96. The Labute approximate surface area is 48.1 Å². The van der Waals surface area contributed by atoms with Gasteiger partial charge in [0, 0.05) is 0 Å². The summed E-state index contributed by atoms with van der Waals surface area (Å²) < 4.78 is 4.55. The second-order valence-corrected chi connectivity index (χ2v) is 1.22. The molecule has 0 spiro atoms. The minimum Gasteiger partial charge on any atom is -0.512 e. The Balaban J connectivity index is 3.92. The number of aliphatic hydroxyl groups excluding tert-OH is 1. The highest BCUT2D eigenvalue weighted by molar-refractivity contribution is 5.16. The zero-order valence-corrected chi connectivity index (χ0v) is 4.72. The van der Waals surface area contributed by atoms with Crippen molar-refractivity contribution in [1.82, 2.24) is 0 Å². The fraction of sp³-hybridized carbons (Fsp3) is 0.200. The molecule has 0 rings (SSSR count). The van der Waals surface area contributed by atoms with Crippen LogP contribution in [0.25, 0.3) is 0 Å². The van der Waals surface area contributed by atoms with Crippen molar-refractivity contribution in [1.29, 1.82) is 0 Å². The number of rotatable bonds is 2. The van der Waals surface area contributed by atoms with Crippen LogP contribution >= 0.6 is 0 Å². The van der Waals surface area contributed by atoms with Crippen LogP contribution in [0.3, 0.4) is 0 Å². The third-order valence-corrected chi connectivity index (χ3v) is 0.654.